The first-order valence-corrected chi connectivity index (χ1v) is 18.6. The number of amides is 2. The van der Waals surface area contributed by atoms with Gasteiger partial charge in [0.15, 0.2) is 30.1 Å². The van der Waals surface area contributed by atoms with Gasteiger partial charge in [-0.25, -0.2) is 14.5 Å². The Balaban J connectivity index is 1.90. The molecule has 0 radical (unpaired) electrons. The van der Waals surface area contributed by atoms with Gasteiger partial charge in [-0.15, -0.1) is 0 Å². The highest BCUT2D eigenvalue weighted by Crippen LogP contribution is 2.45. The first-order chi connectivity index (χ1) is 26.7. The van der Waals surface area contributed by atoms with Gasteiger partial charge in [0.2, 0.25) is 5.91 Å². The second-order valence-electron chi connectivity index (χ2n) is 16.1. The number of nitrogens with zero attached hydrogens (tertiary/aromatic N) is 1. The molecule has 0 saturated carbocycles. The van der Waals surface area contributed by atoms with Gasteiger partial charge >= 0.3 is 35.9 Å². The molecular formula is C37H55NO20. The Hall–Kier alpha value is -3.99. The third kappa shape index (κ3) is 11.2. The van der Waals surface area contributed by atoms with E-state index in [0.29, 0.717) is 4.90 Å². The van der Waals surface area contributed by atoms with E-state index in [1.807, 2.05) is 0 Å². The first-order valence-electron chi connectivity index (χ1n) is 18.6. The third-order valence-corrected chi connectivity index (χ3v) is 9.05. The Morgan fingerprint density at radius 3 is 1.88 bits per heavy atom. The summed E-state index contributed by atoms with van der Waals surface area (Å²) in [5.74, 6) is -10.8. The van der Waals surface area contributed by atoms with Gasteiger partial charge in [0.1, 0.15) is 54.9 Å². The molecule has 4 rings (SSSR count). The Labute approximate surface area is 335 Å². The molecule has 4 aliphatic rings. The quantitative estimate of drug-likeness (QED) is 0.200. The van der Waals surface area contributed by atoms with E-state index in [2.05, 4.69) is 0 Å². The van der Waals surface area contributed by atoms with Gasteiger partial charge in [0.25, 0.3) is 5.79 Å². The maximum Gasteiger partial charge on any atom is 0.417 e. The molecule has 4 fully saturated rings. The summed E-state index contributed by atoms with van der Waals surface area (Å²) < 4.78 is 76.2. The number of carbonyl (C=O) groups is 7. The molecule has 21 heteroatoms. The van der Waals surface area contributed by atoms with Crippen molar-refractivity contribution >= 4 is 41.8 Å². The van der Waals surface area contributed by atoms with Crippen LogP contribution in [0.15, 0.2) is 0 Å². The smallest absolute Gasteiger partial charge is 0.417 e. The minimum Gasteiger partial charge on any atom is -0.465 e. The zero-order valence-corrected chi connectivity index (χ0v) is 35.0. The first kappa shape index (κ1) is 46.7. The Kier molecular flexibility index (Phi) is 14.2. The van der Waals surface area contributed by atoms with Crippen molar-refractivity contribution in [3.05, 3.63) is 0 Å². The molecule has 0 spiro atoms. The van der Waals surface area contributed by atoms with E-state index in [1.54, 1.807) is 27.7 Å². The molecule has 4 heterocycles. The summed E-state index contributed by atoms with van der Waals surface area (Å²) in [7, 11) is 1.01. The van der Waals surface area contributed by atoms with E-state index in [4.69, 9.17) is 61.6 Å². The molecule has 11 atom stereocenters. The number of hydrogen-bond donors (Lipinski definition) is 0. The van der Waals surface area contributed by atoms with Crippen molar-refractivity contribution in [3.63, 3.8) is 0 Å². The van der Waals surface area contributed by atoms with Crippen LogP contribution in [-0.2, 0) is 90.3 Å². The van der Waals surface area contributed by atoms with Crippen LogP contribution in [0.2, 0.25) is 0 Å². The highest BCUT2D eigenvalue weighted by molar-refractivity contribution is 5.91. The van der Waals surface area contributed by atoms with Gasteiger partial charge < -0.3 is 61.6 Å². The Morgan fingerprint density at radius 1 is 0.759 bits per heavy atom. The van der Waals surface area contributed by atoms with Gasteiger partial charge in [-0.2, -0.15) is 0 Å². The van der Waals surface area contributed by atoms with E-state index < -0.39 is 146 Å². The minimum absolute atomic E-state index is 0.533. The molecule has 0 aromatic heterocycles. The number of esters is 5. The fraction of sp³-hybridized carbons (Fsp3) is 0.811. The number of hydrogen-bond acceptors (Lipinski definition) is 20. The summed E-state index contributed by atoms with van der Waals surface area (Å²) >= 11 is 0. The van der Waals surface area contributed by atoms with Crippen molar-refractivity contribution in [2.24, 2.45) is 0 Å². The fourth-order valence-electron chi connectivity index (χ4n) is 7.24. The van der Waals surface area contributed by atoms with E-state index in [1.165, 1.54) is 20.8 Å². The largest absolute Gasteiger partial charge is 0.465 e. The van der Waals surface area contributed by atoms with Crippen LogP contribution in [-0.4, -0.2) is 151 Å². The second kappa shape index (κ2) is 17.7. The van der Waals surface area contributed by atoms with Gasteiger partial charge in [-0.3, -0.25) is 24.0 Å². The molecule has 0 aliphatic carbocycles. The van der Waals surface area contributed by atoms with E-state index in [9.17, 15) is 33.6 Å². The predicted octanol–water partition coefficient (Wildman–Crippen LogP) is 1.57. The summed E-state index contributed by atoms with van der Waals surface area (Å²) in [6, 6.07) is -1.81. The highest BCUT2D eigenvalue weighted by atomic mass is 16.9. The lowest BCUT2D eigenvalue weighted by Crippen LogP contribution is -2.71. The summed E-state index contributed by atoms with van der Waals surface area (Å²) in [5, 5.41) is 0. The SMILES string of the molecule is COC(=O)[C@]1(OC[C@H]2O[C@@H]3OC(C)(C)O[C@@H]3[C@H]3OC(C)(C)O[C@H]32)C[C@H](OC(C)=O)[C@@H](N(C(C)=O)C(=O)OC(C)(C)C)[C@H]([C@H](OC(C)=O)[C@@H](COC(C)=O)OC(C)=O)O1. The Bertz CT molecular complexity index is 1590. The van der Waals surface area contributed by atoms with E-state index >= 15 is 0 Å². The standard InChI is InChI=1S/C37H55NO20/c1-17(39)38(33(45)58-34(6,7)8)25-22(49-19(3)41)14-37(32(44)46-13,56-28(25)26(51-21(5)43)23(50-20(4)42)15-47-18(2)40)48-16-24-27-29(54-35(9,10)53-27)30-31(52-24)57-36(11,12)55-30/h22-31H,14-16H2,1-13H3/t22-,23+,24+,25+,26+,27-,28+,29-,30+,31+,37-/m0/s1. The third-order valence-electron chi connectivity index (χ3n) is 9.05. The average molecular weight is 834 g/mol. The molecule has 21 nitrogen and oxygen atoms in total. The Morgan fingerprint density at radius 2 is 1.34 bits per heavy atom. The summed E-state index contributed by atoms with van der Waals surface area (Å²) in [4.78, 5) is 92.2. The van der Waals surface area contributed by atoms with Crippen LogP contribution >= 0.6 is 0 Å². The van der Waals surface area contributed by atoms with Crippen LogP contribution in [0.1, 0.15) is 89.5 Å². The summed E-state index contributed by atoms with van der Waals surface area (Å²) in [5.41, 5.74) is -1.18. The van der Waals surface area contributed by atoms with Crippen molar-refractivity contribution < 1.29 is 95.1 Å². The molecule has 2 amide bonds. The number of ether oxygens (including phenoxy) is 13. The zero-order chi connectivity index (χ0) is 43.7. The number of imide groups is 1. The number of methoxy groups -OCH3 is 1. The molecular weight excluding hydrogens is 778 g/mol. The molecule has 0 N–H and O–H groups in total. The number of rotatable bonds is 12. The van der Waals surface area contributed by atoms with Crippen LogP contribution in [0, 0.1) is 0 Å². The molecule has 0 unspecified atom stereocenters. The van der Waals surface area contributed by atoms with E-state index in [-0.39, 0.29) is 0 Å². The van der Waals surface area contributed by atoms with Gasteiger partial charge in [0.05, 0.1) is 20.1 Å². The maximum absolute atomic E-state index is 14.1. The topological polar surface area (TPSA) is 243 Å². The van der Waals surface area contributed by atoms with Gasteiger partial charge in [-0.1, -0.05) is 0 Å². The van der Waals surface area contributed by atoms with E-state index in [0.717, 1.165) is 41.7 Å². The van der Waals surface area contributed by atoms with Crippen molar-refractivity contribution in [3.8, 4) is 0 Å². The molecule has 58 heavy (non-hydrogen) atoms. The lowest BCUT2D eigenvalue weighted by Gasteiger charge is -2.50. The van der Waals surface area contributed by atoms with Crippen molar-refractivity contribution in [2.75, 3.05) is 20.3 Å². The lowest BCUT2D eigenvalue weighted by atomic mass is 9.87. The normalized spacial score (nSPS) is 31.9. The lowest BCUT2D eigenvalue weighted by molar-refractivity contribution is -0.332. The van der Waals surface area contributed by atoms with Crippen molar-refractivity contribution in [1.29, 1.82) is 0 Å². The maximum atomic E-state index is 14.1. The number of carbonyl (C=O) groups excluding carboxylic acids is 7. The molecule has 0 aromatic carbocycles. The van der Waals surface area contributed by atoms with Crippen LogP contribution < -0.4 is 0 Å². The molecule has 328 valence electrons. The molecule has 0 aromatic rings. The van der Waals surface area contributed by atoms with Crippen molar-refractivity contribution in [2.45, 2.75) is 174 Å². The zero-order valence-electron chi connectivity index (χ0n) is 35.0. The fourth-order valence-corrected chi connectivity index (χ4v) is 7.24. The van der Waals surface area contributed by atoms with Crippen LogP contribution in [0.3, 0.4) is 0 Å². The molecule has 0 bridgehead atoms. The highest BCUT2D eigenvalue weighted by Gasteiger charge is 2.64. The summed E-state index contributed by atoms with van der Waals surface area (Å²) in [6.45, 7) is 15.1. The second-order valence-corrected chi connectivity index (χ2v) is 16.1. The minimum atomic E-state index is -2.63. The monoisotopic (exact) mass is 833 g/mol. The molecule has 4 aliphatic heterocycles. The van der Waals surface area contributed by atoms with Gasteiger partial charge in [0, 0.05) is 34.6 Å². The van der Waals surface area contributed by atoms with Crippen LogP contribution in [0.25, 0.3) is 0 Å². The van der Waals surface area contributed by atoms with Crippen LogP contribution in [0.4, 0.5) is 4.79 Å². The van der Waals surface area contributed by atoms with Crippen molar-refractivity contribution in [1.82, 2.24) is 4.90 Å². The molecule has 4 saturated heterocycles. The number of fused-ring (bicyclic) bond motifs is 3. The van der Waals surface area contributed by atoms with Crippen LogP contribution in [0.5, 0.6) is 0 Å². The van der Waals surface area contributed by atoms with Gasteiger partial charge in [-0.05, 0) is 48.5 Å². The predicted molar refractivity (Wildman–Crippen MR) is 189 cm³/mol. The summed E-state index contributed by atoms with van der Waals surface area (Å²) in [6.07, 6.45) is -13.8. The average Bonchev–Trinajstić information content (AvgIpc) is 3.56.